The number of carboxylic acid groups (broad SMARTS) is 1. The van der Waals surface area contributed by atoms with Crippen molar-refractivity contribution in [3.63, 3.8) is 0 Å². The quantitative estimate of drug-likeness (QED) is 0.783. The van der Waals surface area contributed by atoms with Gasteiger partial charge in [-0.25, -0.2) is 0 Å². The lowest BCUT2D eigenvalue weighted by atomic mass is 9.80. The molecule has 1 aromatic heterocycles. The van der Waals surface area contributed by atoms with E-state index in [1.54, 1.807) is 0 Å². The van der Waals surface area contributed by atoms with E-state index in [9.17, 15) is 4.79 Å². The second-order valence-electron chi connectivity index (χ2n) is 5.96. The van der Waals surface area contributed by atoms with E-state index in [4.69, 9.17) is 5.11 Å². The highest BCUT2D eigenvalue weighted by atomic mass is 32.2. The molecule has 0 saturated heterocycles. The Hall–Kier alpha value is -1.04. The van der Waals surface area contributed by atoms with Gasteiger partial charge in [-0.1, -0.05) is 44.9 Å². The summed E-state index contributed by atoms with van der Waals surface area (Å²) in [5.41, 5.74) is 0. The van der Waals surface area contributed by atoms with Crippen molar-refractivity contribution in [2.24, 2.45) is 11.8 Å². The number of rotatable bonds is 7. The molecule has 0 spiro atoms. The van der Waals surface area contributed by atoms with E-state index in [2.05, 4.69) is 28.6 Å². The zero-order valence-electron chi connectivity index (χ0n) is 12.9. The molecule has 1 aliphatic rings. The summed E-state index contributed by atoms with van der Waals surface area (Å²) < 4.78 is 2.17. The highest BCUT2D eigenvalue weighted by Gasteiger charge is 2.24. The van der Waals surface area contributed by atoms with E-state index >= 15 is 0 Å². The van der Waals surface area contributed by atoms with Crippen LogP contribution in [0.3, 0.4) is 0 Å². The van der Waals surface area contributed by atoms with Gasteiger partial charge in [-0.15, -0.1) is 10.2 Å². The lowest BCUT2D eigenvalue weighted by Gasteiger charge is -2.29. The van der Waals surface area contributed by atoms with Gasteiger partial charge in [0.15, 0.2) is 5.16 Å². The standard InChI is InChI=1S/C15H25N3O2S/c1-3-6-13-16-17-15(21-10-14(19)20)18(13)9-12-8-5-4-7-11(12)2/h11-12H,3-10H2,1-2H3,(H,19,20). The number of thioether (sulfide) groups is 1. The third-order valence-corrected chi connectivity index (χ3v) is 5.25. The molecule has 0 radical (unpaired) electrons. The van der Waals surface area contributed by atoms with Crippen molar-refractivity contribution in [2.75, 3.05) is 5.75 Å². The molecule has 0 aliphatic heterocycles. The predicted molar refractivity (Wildman–Crippen MR) is 83.5 cm³/mol. The van der Waals surface area contributed by atoms with Gasteiger partial charge >= 0.3 is 5.97 Å². The fraction of sp³-hybridized carbons (Fsp3) is 0.800. The van der Waals surface area contributed by atoms with Crippen LogP contribution in [0.2, 0.25) is 0 Å². The van der Waals surface area contributed by atoms with Crippen LogP contribution in [0, 0.1) is 11.8 Å². The summed E-state index contributed by atoms with van der Waals surface area (Å²) in [5, 5.41) is 18.1. The fourth-order valence-electron chi connectivity index (χ4n) is 3.04. The van der Waals surface area contributed by atoms with Gasteiger partial charge in [0, 0.05) is 13.0 Å². The van der Waals surface area contributed by atoms with Crippen LogP contribution in [-0.2, 0) is 17.8 Å². The van der Waals surface area contributed by atoms with E-state index < -0.39 is 5.97 Å². The largest absolute Gasteiger partial charge is 0.481 e. The molecule has 1 aromatic rings. The normalized spacial score (nSPS) is 22.4. The molecule has 1 fully saturated rings. The van der Waals surface area contributed by atoms with Crippen molar-refractivity contribution in [1.29, 1.82) is 0 Å². The average molecular weight is 311 g/mol. The van der Waals surface area contributed by atoms with Crippen LogP contribution < -0.4 is 0 Å². The molecule has 0 aromatic carbocycles. The Morgan fingerprint density at radius 2 is 2.14 bits per heavy atom. The smallest absolute Gasteiger partial charge is 0.313 e. The number of aryl methyl sites for hydroxylation is 1. The van der Waals surface area contributed by atoms with E-state index in [-0.39, 0.29) is 5.75 Å². The van der Waals surface area contributed by atoms with Crippen LogP contribution >= 0.6 is 11.8 Å². The average Bonchev–Trinajstić information content (AvgIpc) is 2.82. The first-order valence-corrected chi connectivity index (χ1v) is 8.87. The second-order valence-corrected chi connectivity index (χ2v) is 6.91. The van der Waals surface area contributed by atoms with Gasteiger partial charge in [-0.2, -0.15) is 0 Å². The van der Waals surface area contributed by atoms with Crippen molar-refractivity contribution < 1.29 is 9.90 Å². The number of aliphatic carboxylic acids is 1. The minimum Gasteiger partial charge on any atom is -0.481 e. The maximum Gasteiger partial charge on any atom is 0.313 e. The monoisotopic (exact) mass is 311 g/mol. The molecular formula is C15H25N3O2S. The lowest BCUT2D eigenvalue weighted by Crippen LogP contribution is -2.23. The minimum atomic E-state index is -0.808. The van der Waals surface area contributed by atoms with Crippen LogP contribution in [0.1, 0.15) is 51.8 Å². The third-order valence-electron chi connectivity index (χ3n) is 4.30. The van der Waals surface area contributed by atoms with Crippen molar-refractivity contribution in [1.82, 2.24) is 14.8 Å². The van der Waals surface area contributed by atoms with Gasteiger partial charge in [-0.05, 0) is 24.7 Å². The highest BCUT2D eigenvalue weighted by molar-refractivity contribution is 7.99. The number of aromatic nitrogens is 3. The maximum atomic E-state index is 10.8. The van der Waals surface area contributed by atoms with Gasteiger partial charge < -0.3 is 9.67 Å². The zero-order chi connectivity index (χ0) is 15.2. The van der Waals surface area contributed by atoms with Gasteiger partial charge in [0.2, 0.25) is 0 Å². The number of hydrogen-bond donors (Lipinski definition) is 1. The molecule has 1 aliphatic carbocycles. The number of nitrogens with zero attached hydrogens (tertiary/aromatic N) is 3. The van der Waals surface area contributed by atoms with Gasteiger partial charge in [0.25, 0.3) is 0 Å². The molecular weight excluding hydrogens is 286 g/mol. The Kier molecular flexibility index (Phi) is 6.08. The summed E-state index contributed by atoms with van der Waals surface area (Å²) in [7, 11) is 0. The molecule has 6 heteroatoms. The molecule has 1 saturated carbocycles. The Morgan fingerprint density at radius 3 is 2.81 bits per heavy atom. The molecule has 118 valence electrons. The number of hydrogen-bond acceptors (Lipinski definition) is 4. The highest BCUT2D eigenvalue weighted by Crippen LogP contribution is 2.32. The molecule has 0 bridgehead atoms. The number of carboxylic acids is 1. The zero-order valence-corrected chi connectivity index (χ0v) is 13.7. The van der Waals surface area contributed by atoms with E-state index in [0.717, 1.165) is 36.3 Å². The summed E-state index contributed by atoms with van der Waals surface area (Å²) in [6, 6.07) is 0. The first kappa shape index (κ1) is 16.3. The Morgan fingerprint density at radius 1 is 1.38 bits per heavy atom. The van der Waals surface area contributed by atoms with Crippen molar-refractivity contribution >= 4 is 17.7 Å². The molecule has 2 rings (SSSR count). The molecule has 1 heterocycles. The van der Waals surface area contributed by atoms with E-state index in [0.29, 0.717) is 5.92 Å². The lowest BCUT2D eigenvalue weighted by molar-refractivity contribution is -0.133. The molecule has 0 amide bonds. The van der Waals surface area contributed by atoms with Gasteiger partial charge in [0.05, 0.1) is 5.75 Å². The summed E-state index contributed by atoms with van der Waals surface area (Å²) in [4.78, 5) is 10.8. The molecule has 5 nitrogen and oxygen atoms in total. The third kappa shape index (κ3) is 4.46. The molecule has 2 atom stereocenters. The van der Waals surface area contributed by atoms with Crippen molar-refractivity contribution in [2.45, 2.75) is 64.1 Å². The Balaban J connectivity index is 2.13. The molecule has 21 heavy (non-hydrogen) atoms. The van der Waals surface area contributed by atoms with E-state index in [1.807, 2.05) is 0 Å². The van der Waals surface area contributed by atoms with Gasteiger partial charge in [-0.3, -0.25) is 4.79 Å². The van der Waals surface area contributed by atoms with Crippen LogP contribution in [0.5, 0.6) is 0 Å². The molecule has 1 N–H and O–H groups in total. The number of carbonyl (C=O) groups is 1. The Bertz CT molecular complexity index is 475. The second kappa shape index (κ2) is 7.82. The summed E-state index contributed by atoms with van der Waals surface area (Å²) in [6.07, 6.45) is 7.13. The van der Waals surface area contributed by atoms with Crippen LogP contribution in [0.4, 0.5) is 0 Å². The predicted octanol–water partition coefficient (Wildman–Crippen LogP) is 3.23. The SMILES string of the molecule is CCCc1nnc(SCC(=O)O)n1CC1CCCCC1C. The van der Waals surface area contributed by atoms with Crippen molar-refractivity contribution in [3.05, 3.63) is 5.82 Å². The van der Waals surface area contributed by atoms with Crippen LogP contribution in [0.25, 0.3) is 0 Å². The topological polar surface area (TPSA) is 68.0 Å². The minimum absolute atomic E-state index is 0.0461. The first-order valence-electron chi connectivity index (χ1n) is 7.88. The first-order chi connectivity index (χ1) is 10.1. The van der Waals surface area contributed by atoms with Crippen molar-refractivity contribution in [3.8, 4) is 0 Å². The summed E-state index contributed by atoms with van der Waals surface area (Å²) >= 11 is 1.28. The molecule has 2 unspecified atom stereocenters. The van der Waals surface area contributed by atoms with E-state index in [1.165, 1.54) is 37.4 Å². The van der Waals surface area contributed by atoms with Gasteiger partial charge in [0.1, 0.15) is 5.82 Å². The fourth-order valence-corrected chi connectivity index (χ4v) is 3.73. The summed E-state index contributed by atoms with van der Waals surface area (Å²) in [5.74, 6) is 1.63. The Labute approximate surface area is 130 Å². The van der Waals surface area contributed by atoms with Crippen LogP contribution in [0.15, 0.2) is 5.16 Å². The van der Waals surface area contributed by atoms with Crippen LogP contribution in [-0.4, -0.2) is 31.6 Å². The maximum absolute atomic E-state index is 10.8. The summed E-state index contributed by atoms with van der Waals surface area (Å²) in [6.45, 7) is 5.40.